The van der Waals surface area contributed by atoms with Crippen molar-refractivity contribution in [3.05, 3.63) is 0 Å². The van der Waals surface area contributed by atoms with Crippen molar-refractivity contribution in [2.75, 3.05) is 13.2 Å². The molecule has 0 radical (unpaired) electrons. The first-order valence-corrected chi connectivity index (χ1v) is 14.6. The summed E-state index contributed by atoms with van der Waals surface area (Å²) in [5, 5.41) is 0. The topological polar surface area (TPSA) is 112 Å². The van der Waals surface area contributed by atoms with Crippen molar-refractivity contribution >= 4 is 15.6 Å². The van der Waals surface area contributed by atoms with E-state index in [9.17, 15) is 9.13 Å². The number of phosphoric acid groups is 2. The lowest BCUT2D eigenvalue weighted by Crippen LogP contribution is -2.01. The lowest BCUT2D eigenvalue weighted by molar-refractivity contribution is -0.224. The van der Waals surface area contributed by atoms with Crippen LogP contribution in [0.2, 0.25) is 0 Å². The minimum Gasteiger partial charge on any atom is -0.302 e. The second kappa shape index (κ2) is 19.9. The van der Waals surface area contributed by atoms with Gasteiger partial charge < -0.3 is 9.79 Å². The maximum atomic E-state index is 11.9. The zero-order valence-corrected chi connectivity index (χ0v) is 20.8. The molecule has 0 aliphatic heterocycles. The first kappa shape index (κ1) is 30.2. The summed E-state index contributed by atoms with van der Waals surface area (Å²) >= 11 is 0. The molecule has 1 atom stereocenters. The lowest BCUT2D eigenvalue weighted by Gasteiger charge is -2.15. The normalized spacial score (nSPS) is 14.1. The summed E-state index contributed by atoms with van der Waals surface area (Å²) in [4.78, 5) is 22.2. The standard InChI is InChI=1S/C20H44O8P2/c1-3-5-6-7-8-9-10-11-12-13-14-15-16-17-18-19-20-25-27-30(24,26-4-2)28-29(21,22)23/h3-20H2,1-2H3,(H2,21,22,23). The summed E-state index contributed by atoms with van der Waals surface area (Å²) < 4.78 is 35.9. The largest absolute Gasteiger partial charge is 0.511 e. The van der Waals surface area contributed by atoms with Gasteiger partial charge in [-0.15, -0.1) is 4.67 Å². The monoisotopic (exact) mass is 474 g/mol. The smallest absolute Gasteiger partial charge is 0.302 e. The van der Waals surface area contributed by atoms with Crippen LogP contribution in [0.4, 0.5) is 0 Å². The van der Waals surface area contributed by atoms with Crippen LogP contribution in [0.15, 0.2) is 0 Å². The lowest BCUT2D eigenvalue weighted by atomic mass is 10.0. The van der Waals surface area contributed by atoms with Crippen LogP contribution >= 0.6 is 15.6 Å². The Labute approximate surface area is 183 Å². The van der Waals surface area contributed by atoms with Crippen molar-refractivity contribution in [2.24, 2.45) is 0 Å². The molecule has 2 N–H and O–H groups in total. The Bertz CT molecular complexity index is 470. The maximum Gasteiger partial charge on any atom is 0.511 e. The molecule has 1 unspecified atom stereocenters. The van der Waals surface area contributed by atoms with Crippen LogP contribution in [0.5, 0.6) is 0 Å². The summed E-state index contributed by atoms with van der Waals surface area (Å²) in [7, 11) is -9.42. The van der Waals surface area contributed by atoms with E-state index in [0.29, 0.717) is 6.42 Å². The Kier molecular flexibility index (Phi) is 20.0. The van der Waals surface area contributed by atoms with Crippen molar-refractivity contribution in [1.29, 1.82) is 0 Å². The molecule has 10 heteroatoms. The molecule has 0 aromatic carbocycles. The molecule has 0 amide bonds. The molecule has 0 rings (SSSR count). The van der Waals surface area contributed by atoms with E-state index in [-0.39, 0.29) is 13.2 Å². The van der Waals surface area contributed by atoms with Gasteiger partial charge >= 0.3 is 15.6 Å². The van der Waals surface area contributed by atoms with E-state index in [2.05, 4.69) is 20.4 Å². The summed E-state index contributed by atoms with van der Waals surface area (Å²) in [6.45, 7) is 3.80. The van der Waals surface area contributed by atoms with Crippen molar-refractivity contribution in [3.8, 4) is 0 Å². The molecule has 0 fully saturated rings. The first-order chi connectivity index (χ1) is 14.3. The molecule has 0 heterocycles. The average Bonchev–Trinajstić information content (AvgIpc) is 2.65. The molecule has 0 aromatic heterocycles. The van der Waals surface area contributed by atoms with Gasteiger partial charge in [-0.3, -0.25) is 4.52 Å². The molecule has 0 bridgehead atoms. The van der Waals surface area contributed by atoms with Gasteiger partial charge in [0.15, 0.2) is 0 Å². The highest BCUT2D eigenvalue weighted by molar-refractivity contribution is 7.61. The van der Waals surface area contributed by atoms with Crippen LogP contribution in [-0.4, -0.2) is 23.0 Å². The van der Waals surface area contributed by atoms with E-state index >= 15 is 0 Å². The highest BCUT2D eigenvalue weighted by atomic mass is 31.3. The fourth-order valence-electron chi connectivity index (χ4n) is 3.16. The van der Waals surface area contributed by atoms with Crippen LogP contribution in [-0.2, 0) is 27.5 Å². The van der Waals surface area contributed by atoms with E-state index < -0.39 is 15.6 Å². The highest BCUT2D eigenvalue weighted by Gasteiger charge is 2.37. The maximum absolute atomic E-state index is 11.9. The minimum absolute atomic E-state index is 0.0975. The molecule has 30 heavy (non-hydrogen) atoms. The minimum atomic E-state index is -5.00. The van der Waals surface area contributed by atoms with Crippen LogP contribution in [0.1, 0.15) is 117 Å². The molecular weight excluding hydrogens is 430 g/mol. The van der Waals surface area contributed by atoms with Crippen LogP contribution in [0.25, 0.3) is 0 Å². The van der Waals surface area contributed by atoms with Gasteiger partial charge in [0, 0.05) is 0 Å². The van der Waals surface area contributed by atoms with Crippen molar-refractivity contribution < 1.29 is 37.3 Å². The van der Waals surface area contributed by atoms with Crippen molar-refractivity contribution in [3.63, 3.8) is 0 Å². The molecule has 0 aliphatic rings. The van der Waals surface area contributed by atoms with Crippen molar-refractivity contribution in [2.45, 2.75) is 117 Å². The Morgan fingerprint density at radius 3 is 1.40 bits per heavy atom. The second-order valence-electron chi connectivity index (χ2n) is 7.64. The van der Waals surface area contributed by atoms with Crippen molar-refractivity contribution in [1.82, 2.24) is 0 Å². The highest BCUT2D eigenvalue weighted by Crippen LogP contribution is 2.61. The van der Waals surface area contributed by atoms with Gasteiger partial charge in [0.2, 0.25) is 0 Å². The SMILES string of the molecule is CCCCCCCCCCCCCCCCCCOOP(=O)(OCC)OP(=O)(O)O. The van der Waals surface area contributed by atoms with E-state index in [1.165, 1.54) is 90.4 Å². The third kappa shape index (κ3) is 21.5. The first-order valence-electron chi connectivity index (χ1n) is 11.7. The molecule has 0 saturated heterocycles. The fraction of sp³-hybridized carbons (Fsp3) is 1.00. The van der Waals surface area contributed by atoms with Gasteiger partial charge in [0.25, 0.3) is 0 Å². The predicted molar refractivity (Wildman–Crippen MR) is 119 cm³/mol. The van der Waals surface area contributed by atoms with E-state index in [1.54, 1.807) is 0 Å². The molecule has 0 aliphatic carbocycles. The zero-order valence-electron chi connectivity index (χ0n) is 19.0. The number of hydrogen-bond donors (Lipinski definition) is 2. The Hall–Kier alpha value is 0.220. The average molecular weight is 475 g/mol. The number of rotatable bonds is 23. The molecule has 0 aromatic rings. The van der Waals surface area contributed by atoms with Gasteiger partial charge in [0.1, 0.15) is 0 Å². The van der Waals surface area contributed by atoms with E-state index in [1.807, 2.05) is 0 Å². The summed E-state index contributed by atoms with van der Waals surface area (Å²) in [5.41, 5.74) is 0. The quantitative estimate of drug-likeness (QED) is 0.0679. The molecule has 8 nitrogen and oxygen atoms in total. The van der Waals surface area contributed by atoms with Crippen LogP contribution in [0, 0.1) is 0 Å². The second-order valence-corrected chi connectivity index (χ2v) is 10.6. The molecular formula is C20H44O8P2. The number of unbranched alkanes of at least 4 members (excludes halogenated alkanes) is 15. The van der Waals surface area contributed by atoms with Gasteiger partial charge in [-0.2, -0.15) is 4.31 Å². The zero-order chi connectivity index (χ0) is 22.6. The van der Waals surface area contributed by atoms with Gasteiger partial charge in [-0.25, -0.2) is 14.0 Å². The van der Waals surface area contributed by atoms with E-state index in [4.69, 9.17) is 14.7 Å². The Morgan fingerprint density at radius 1 is 0.633 bits per heavy atom. The fourth-order valence-corrected chi connectivity index (χ4v) is 5.06. The van der Waals surface area contributed by atoms with Gasteiger partial charge in [-0.1, -0.05) is 103 Å². The van der Waals surface area contributed by atoms with Crippen LogP contribution in [0.3, 0.4) is 0 Å². The summed E-state index contributed by atoms with van der Waals surface area (Å²) in [6.07, 6.45) is 20.1. The molecule has 182 valence electrons. The molecule has 0 spiro atoms. The Morgan fingerprint density at radius 2 is 1.03 bits per heavy atom. The summed E-state index contributed by atoms with van der Waals surface area (Å²) in [6, 6.07) is 0. The predicted octanol–water partition coefficient (Wildman–Crippen LogP) is 7.45. The Balaban J connectivity index is 3.42. The summed E-state index contributed by atoms with van der Waals surface area (Å²) in [5.74, 6) is 0. The molecule has 0 saturated carbocycles. The van der Waals surface area contributed by atoms with Gasteiger partial charge in [0.05, 0.1) is 13.2 Å². The number of hydrogen-bond acceptors (Lipinski definition) is 6. The van der Waals surface area contributed by atoms with Gasteiger partial charge in [-0.05, 0) is 13.3 Å². The third-order valence-corrected chi connectivity index (χ3v) is 7.23. The third-order valence-electron chi connectivity index (χ3n) is 4.72. The van der Waals surface area contributed by atoms with E-state index in [0.717, 1.165) is 12.8 Å². The van der Waals surface area contributed by atoms with Crippen LogP contribution < -0.4 is 0 Å².